The number of esters is 2. The number of phenols is 2. The van der Waals surface area contributed by atoms with Crippen LogP contribution in [0.25, 0.3) is 0 Å². The number of ether oxygens (including phenoxy) is 2. The van der Waals surface area contributed by atoms with Gasteiger partial charge in [0.15, 0.2) is 0 Å². The summed E-state index contributed by atoms with van der Waals surface area (Å²) >= 11 is 0. The molecule has 0 bridgehead atoms. The van der Waals surface area contributed by atoms with Gasteiger partial charge in [-0.3, -0.25) is 29.2 Å². The van der Waals surface area contributed by atoms with Crippen molar-refractivity contribution in [1.29, 1.82) is 0 Å². The van der Waals surface area contributed by atoms with Gasteiger partial charge in [0.2, 0.25) is 0 Å². The van der Waals surface area contributed by atoms with Gasteiger partial charge in [-0.25, -0.2) is 0 Å². The fourth-order valence-electron chi connectivity index (χ4n) is 20.9. The number of phenolic OH excluding ortho intramolecular Hbond substituents is 2. The molecule has 0 saturated carbocycles. The molecule has 4 fully saturated rings. The number of likely N-dealkylation sites (tertiary alicyclic amines) is 4. The van der Waals surface area contributed by atoms with E-state index >= 15 is 9.59 Å². The number of hydrogen-bond acceptors (Lipinski definition) is 10. The van der Waals surface area contributed by atoms with E-state index in [1.165, 1.54) is 11.1 Å². The van der Waals surface area contributed by atoms with Gasteiger partial charge in [-0.1, -0.05) is 147 Å². The molecule has 4 aliphatic heterocycles. The molecule has 0 spiro atoms. The predicted molar refractivity (Wildman–Crippen MR) is 420 cm³/mol. The number of rotatable bonds is 24. The second-order valence-electron chi connectivity index (χ2n) is 43.3. The first-order valence-electron chi connectivity index (χ1n) is 39.6. The van der Waals surface area contributed by atoms with Crippen LogP contribution in [0.5, 0.6) is 11.5 Å². The van der Waals surface area contributed by atoms with E-state index in [0.29, 0.717) is 59.8 Å². The van der Waals surface area contributed by atoms with Gasteiger partial charge in [-0.05, 0) is 319 Å². The number of carbonyl (C=O) groups is 2. The molecule has 2 atom stereocenters. The third-order valence-electron chi connectivity index (χ3n) is 27.3. The van der Waals surface area contributed by atoms with Gasteiger partial charge >= 0.3 is 11.9 Å². The monoisotopic (exact) mass is 1380 g/mol. The lowest BCUT2D eigenvalue weighted by Crippen LogP contribution is -2.62. The normalized spacial score (nSPS) is 23.5. The van der Waals surface area contributed by atoms with Gasteiger partial charge in [-0.15, -0.1) is 0 Å². The summed E-state index contributed by atoms with van der Waals surface area (Å²) < 4.78 is 13.8. The fourth-order valence-corrected chi connectivity index (χ4v) is 20.9. The molecule has 0 amide bonds. The zero-order chi connectivity index (χ0) is 75.6. The molecule has 4 heterocycles. The average Bonchev–Trinajstić information content (AvgIpc) is 0.755. The topological polar surface area (TPSA) is 106 Å². The molecule has 0 aromatic heterocycles. The molecule has 0 radical (unpaired) electrons. The van der Waals surface area contributed by atoms with E-state index in [4.69, 9.17) is 9.47 Å². The van der Waals surface area contributed by atoms with Gasteiger partial charge in [-0.2, -0.15) is 0 Å². The van der Waals surface area contributed by atoms with Crippen molar-refractivity contribution in [3.05, 3.63) is 57.6 Å². The second-order valence-corrected chi connectivity index (χ2v) is 43.3. The highest BCUT2D eigenvalue weighted by molar-refractivity contribution is 5.91. The lowest BCUT2D eigenvalue weighted by molar-refractivity contribution is -0.160. The summed E-state index contributed by atoms with van der Waals surface area (Å²) in [6, 6.07) is 9.08. The summed E-state index contributed by atoms with van der Waals surface area (Å²) in [5.74, 6) is 1.99. The molecular weight excluding hydrogens is 1220 g/mol. The lowest BCUT2D eigenvalue weighted by Gasteiger charge is -2.60. The molecule has 2 aromatic rings. The molecule has 10 heteroatoms. The standard InChI is InChI=1S/C89H156N4O6/c1-35-37-39-88(46-60-41-68(76(3,4)5)74(96)69(42-60)77(6,7)8,56-66(62-48-80(15,16)90(31)81(17,18)49-62)63-50-82(19,20)91(32)83(21,22)51-63)58-98-72(94)45-73(95)99-59-89(40-38-36-2,47-61-43-70(78(9,10)11)75(97)71(44-61)79(12,13)14)57-67(64-52-84(23,24)92(33)85(25,26)53-64)65-54-86(27,28)93(34)87(29,30)55-65/h41-44,62-67,96-97H,35-40,45-59H2,1-34H3. The van der Waals surface area contributed by atoms with E-state index in [9.17, 15) is 10.2 Å². The van der Waals surface area contributed by atoms with E-state index in [0.717, 1.165) is 125 Å². The van der Waals surface area contributed by atoms with Crippen molar-refractivity contribution in [2.75, 3.05) is 41.4 Å². The second kappa shape index (κ2) is 29.6. The maximum atomic E-state index is 15.3. The zero-order valence-corrected chi connectivity index (χ0v) is 70.9. The summed E-state index contributed by atoms with van der Waals surface area (Å²) in [4.78, 5) is 41.1. The number of hydrogen-bond donors (Lipinski definition) is 2. The summed E-state index contributed by atoms with van der Waals surface area (Å²) in [5.41, 5.74) is 3.49. The van der Waals surface area contributed by atoms with Crippen molar-refractivity contribution in [3.63, 3.8) is 0 Å². The molecule has 0 aliphatic carbocycles. The van der Waals surface area contributed by atoms with Crippen LogP contribution in [0.4, 0.5) is 0 Å². The highest BCUT2D eigenvalue weighted by Crippen LogP contribution is 2.58. The summed E-state index contributed by atoms with van der Waals surface area (Å²) in [6.07, 6.45) is 16.9. The van der Waals surface area contributed by atoms with Crippen LogP contribution in [0.15, 0.2) is 24.3 Å². The Balaban J connectivity index is 1.51. The number of piperidine rings is 4. The first-order chi connectivity index (χ1) is 44.6. The molecule has 2 aromatic carbocycles. The largest absolute Gasteiger partial charge is 0.507 e. The van der Waals surface area contributed by atoms with Gasteiger partial charge in [0.05, 0.1) is 13.2 Å². The molecule has 99 heavy (non-hydrogen) atoms. The minimum absolute atomic E-state index is 0.0362. The van der Waals surface area contributed by atoms with Gasteiger partial charge < -0.3 is 19.7 Å². The molecule has 4 saturated heterocycles. The van der Waals surface area contributed by atoms with Crippen molar-refractivity contribution in [1.82, 2.24) is 19.6 Å². The van der Waals surface area contributed by atoms with Crippen molar-refractivity contribution in [2.24, 2.45) is 46.3 Å². The quantitative estimate of drug-likeness (QED) is 0.0780. The van der Waals surface area contributed by atoms with E-state index in [-0.39, 0.29) is 79.2 Å². The molecule has 6 rings (SSSR count). The fraction of sp³-hybridized carbons (Fsp3) is 0.843. The Morgan fingerprint density at radius 1 is 0.404 bits per heavy atom. The Bertz CT molecular complexity index is 2650. The van der Waals surface area contributed by atoms with Crippen molar-refractivity contribution >= 4 is 11.9 Å². The minimum Gasteiger partial charge on any atom is -0.507 e. The summed E-state index contributed by atoms with van der Waals surface area (Å²) in [5, 5.41) is 24.5. The van der Waals surface area contributed by atoms with Gasteiger partial charge in [0.1, 0.15) is 17.9 Å². The smallest absolute Gasteiger partial charge is 0.317 e. The Morgan fingerprint density at radius 2 is 0.606 bits per heavy atom. The molecular formula is C89H156N4O6. The molecule has 10 nitrogen and oxygen atoms in total. The third-order valence-corrected chi connectivity index (χ3v) is 27.3. The first-order valence-corrected chi connectivity index (χ1v) is 39.6. The van der Waals surface area contributed by atoms with Gasteiger partial charge in [0, 0.05) is 55.1 Å². The predicted octanol–water partition coefficient (Wildman–Crippen LogP) is 21.5. The van der Waals surface area contributed by atoms with Gasteiger partial charge in [0.25, 0.3) is 0 Å². The number of benzene rings is 2. The van der Waals surface area contributed by atoms with E-state index in [1.807, 2.05) is 0 Å². The molecule has 4 aliphatic rings. The van der Waals surface area contributed by atoms with Crippen LogP contribution in [0, 0.1) is 46.3 Å². The van der Waals surface area contributed by atoms with Crippen LogP contribution in [0.3, 0.4) is 0 Å². The van der Waals surface area contributed by atoms with Crippen LogP contribution in [0.2, 0.25) is 0 Å². The third kappa shape index (κ3) is 19.9. The maximum Gasteiger partial charge on any atom is 0.317 e. The average molecular weight is 1380 g/mol. The van der Waals surface area contributed by atoms with Crippen molar-refractivity contribution in [2.45, 2.75) is 396 Å². The SMILES string of the molecule is CCCCC(COC(=O)CC(=O)OCC(CCCC)(Cc1cc(C(C)(C)C)c(O)c(C(C)(C)C)c1)CC(C1CC(C)(C)N(C)C(C)(C)C1)C1CC(C)(C)N(C)C(C)(C)C1)(Cc1cc(C(C)(C)C)c(O)c(C(C)(C)C)c1)CC(C1CC(C)(C)N(C)C(C)(C)C1)C1CC(C)(C)N(C)C(C)(C)C1. The van der Waals surface area contributed by atoms with Crippen molar-refractivity contribution < 1.29 is 29.3 Å². The Morgan fingerprint density at radius 3 is 0.788 bits per heavy atom. The Kier molecular flexibility index (Phi) is 25.4. The number of carbonyl (C=O) groups excluding carboxylic acids is 2. The van der Waals surface area contributed by atoms with Crippen LogP contribution in [-0.4, -0.2) is 127 Å². The van der Waals surface area contributed by atoms with Crippen LogP contribution >= 0.6 is 0 Å². The lowest BCUT2D eigenvalue weighted by atomic mass is 9.57. The van der Waals surface area contributed by atoms with E-state index in [2.05, 4.69) is 280 Å². The summed E-state index contributed by atoms with van der Waals surface area (Å²) in [6.45, 7) is 70.5. The van der Waals surface area contributed by atoms with E-state index in [1.54, 1.807) is 0 Å². The first kappa shape index (κ1) is 84.8. The Labute approximate surface area is 610 Å². The highest BCUT2D eigenvalue weighted by atomic mass is 16.6. The number of nitrogens with zero attached hydrogens (tertiary/aromatic N) is 4. The maximum absolute atomic E-state index is 15.3. The summed E-state index contributed by atoms with van der Waals surface area (Å²) in [7, 11) is 9.30. The van der Waals surface area contributed by atoms with Crippen LogP contribution in [0.1, 0.15) is 350 Å². The molecule has 2 N–H and O–H groups in total. The molecule has 2 unspecified atom stereocenters. The van der Waals surface area contributed by atoms with E-state index < -0.39 is 29.2 Å². The van der Waals surface area contributed by atoms with Crippen molar-refractivity contribution in [3.8, 4) is 11.5 Å². The number of aromatic hydroxyl groups is 2. The molecule has 568 valence electrons. The highest BCUT2D eigenvalue weighted by Gasteiger charge is 2.55. The zero-order valence-electron chi connectivity index (χ0n) is 70.9. The number of unbranched alkanes of at least 4 members (excludes halogenated alkanes) is 2. The van der Waals surface area contributed by atoms with Crippen LogP contribution in [-0.2, 0) is 53.6 Å². The Hall–Kier alpha value is -3.18. The minimum atomic E-state index is -0.524. The van der Waals surface area contributed by atoms with Crippen LogP contribution < -0.4 is 0 Å².